The van der Waals surface area contributed by atoms with Crippen LogP contribution in [0.1, 0.15) is 236 Å². The predicted octanol–water partition coefficient (Wildman–Crippen LogP) is 14.5. The van der Waals surface area contributed by atoms with Crippen LogP contribution in [0.2, 0.25) is 54.4 Å². The van der Waals surface area contributed by atoms with Gasteiger partial charge in [0.2, 0.25) is 0 Å². The van der Waals surface area contributed by atoms with Gasteiger partial charge < -0.3 is 0 Å². The molecule has 0 saturated heterocycles. The van der Waals surface area contributed by atoms with Gasteiger partial charge in [0.15, 0.2) is 0 Å². The topological polar surface area (TPSA) is 0 Å². The Kier molecular flexibility index (Phi) is 38.4. The van der Waals surface area contributed by atoms with Crippen molar-refractivity contribution in [2.45, 2.75) is 290 Å². The van der Waals surface area contributed by atoms with Gasteiger partial charge in [0.1, 0.15) is 0 Å². The first-order valence-electron chi connectivity index (χ1n) is 24.1. The Labute approximate surface area is 336 Å². The Morgan fingerprint density at radius 3 is 0.440 bits per heavy atom. The molecule has 0 unspecified atom stereocenters. The quantitative estimate of drug-likeness (QED) is 0.0435. The summed E-state index contributed by atoms with van der Waals surface area (Å²) in [6.07, 6.45) is 41.0. The third kappa shape index (κ3) is 21.4. The van der Waals surface area contributed by atoms with E-state index < -0.39 is 23.8 Å². The molecule has 0 aliphatic rings. The van der Waals surface area contributed by atoms with Crippen LogP contribution in [0, 0.1) is 0 Å². The average Bonchev–Trinajstić information content (AvgIpc) is 3.09. The van der Waals surface area contributed by atoms with Crippen LogP contribution in [-0.4, -0.2) is 29.3 Å². The second kappa shape index (κ2) is 36.0. The zero-order valence-electron chi connectivity index (χ0n) is 37.7. The van der Waals surface area contributed by atoms with Gasteiger partial charge in [0.05, 0.1) is 0 Å². The van der Waals surface area contributed by atoms with Crippen molar-refractivity contribution < 1.29 is 18.9 Å². The van der Waals surface area contributed by atoms with Crippen molar-refractivity contribution in [3.05, 3.63) is 0 Å². The summed E-state index contributed by atoms with van der Waals surface area (Å²) in [5, 5.41) is 0. The van der Waals surface area contributed by atoms with E-state index in [9.17, 15) is 0 Å². The van der Waals surface area contributed by atoms with Crippen LogP contribution in [0.25, 0.3) is 0 Å². The number of hydrogen-bond donors (Lipinski definition) is 0. The summed E-state index contributed by atoms with van der Waals surface area (Å²) >= 11 is 0. The van der Waals surface area contributed by atoms with Crippen LogP contribution >= 0.6 is 0 Å². The van der Waals surface area contributed by atoms with E-state index in [1.165, 1.54) is 116 Å². The molecule has 0 aromatic heterocycles. The van der Waals surface area contributed by atoms with E-state index in [1.807, 2.05) is 0 Å². The van der Waals surface area contributed by atoms with Gasteiger partial charge in [-0.25, -0.2) is 0 Å². The Morgan fingerprint density at radius 1 is 0.220 bits per heavy atom. The molecule has 0 amide bonds. The summed E-state index contributed by atoms with van der Waals surface area (Å²) < 4.78 is 0. The van der Waals surface area contributed by atoms with Gasteiger partial charge in [0, 0.05) is 0 Å². The molecule has 0 saturated carbocycles. The molecular formula is C45H100BLiSi3. The van der Waals surface area contributed by atoms with E-state index in [0.29, 0.717) is 0 Å². The fourth-order valence-corrected chi connectivity index (χ4v) is 54.9. The fourth-order valence-electron chi connectivity index (χ4n) is 11.9. The zero-order chi connectivity index (χ0) is 36.5. The van der Waals surface area contributed by atoms with Gasteiger partial charge in [0.25, 0.3) is 0 Å². The minimum Gasteiger partial charge on any atom is -0.0971 e. The van der Waals surface area contributed by atoms with Crippen molar-refractivity contribution in [2.75, 3.05) is 0 Å². The molecule has 0 aromatic carbocycles. The van der Waals surface area contributed by atoms with Gasteiger partial charge in [-0.3, -0.25) is 0 Å². The maximum atomic E-state index is 2.50. The van der Waals surface area contributed by atoms with E-state index in [4.69, 9.17) is 0 Å². The summed E-state index contributed by atoms with van der Waals surface area (Å²) in [6.45, 7) is 22.5. The van der Waals surface area contributed by atoms with Gasteiger partial charge in [-0.1, -0.05) is 314 Å². The molecule has 0 fully saturated rings. The van der Waals surface area contributed by atoms with E-state index in [0.717, 1.165) is 0 Å². The largest absolute Gasteiger partial charge is 1.00 e. The van der Waals surface area contributed by atoms with Crippen LogP contribution in [0.4, 0.5) is 0 Å². The van der Waals surface area contributed by atoms with E-state index >= 15 is 0 Å². The second-order valence-corrected chi connectivity index (χ2v) is 35.9. The van der Waals surface area contributed by atoms with E-state index in [-0.39, 0.29) is 24.4 Å². The van der Waals surface area contributed by atoms with Crippen molar-refractivity contribution in [3.63, 3.8) is 0 Å². The predicted molar refractivity (Wildman–Crippen MR) is 243 cm³/mol. The molecule has 0 aliphatic carbocycles. The summed E-state index contributed by atoms with van der Waals surface area (Å²) in [4.78, 5) is 0. The molecule has 296 valence electrons. The Morgan fingerprint density at radius 2 is 0.340 bits per heavy atom. The molecule has 5 heteroatoms. The van der Waals surface area contributed by atoms with Crippen LogP contribution in [-0.2, 0) is 0 Å². The molecule has 0 spiro atoms. The Balaban J connectivity index is 0. The average molecular weight is 743 g/mol. The standard InChI is InChI=1S/C45H100BSi3.Li/c1-10-19-28-37-47(38-29-20-11-2,39-30-21-12-3)46(48(40-31-22-13-4,41-32-23-14-5)42-33-24-15-6)49(43-34-25-16-7,44-35-26-17-8)45-36-27-18-9;/h46H,10-45H2,1-9H3;/q-1;+1. The number of unbranched alkanes of at least 4 members (excludes halogenated alkanes) is 18. The van der Waals surface area contributed by atoms with Gasteiger partial charge in [-0.2, -0.15) is 0 Å². The van der Waals surface area contributed by atoms with Gasteiger partial charge in [-0.05, 0) is 5.49 Å². The minimum absolute atomic E-state index is 0. The van der Waals surface area contributed by atoms with Crippen molar-refractivity contribution >= 4 is 29.3 Å². The maximum Gasteiger partial charge on any atom is 1.00 e. The zero-order valence-corrected chi connectivity index (χ0v) is 40.7. The number of rotatable bonds is 39. The Hall–Kier alpha value is 1.31. The molecule has 0 atom stereocenters. The summed E-state index contributed by atoms with van der Waals surface area (Å²) in [7, 11) is -4.39. The number of hydrogen-bond acceptors (Lipinski definition) is 0. The molecule has 0 aliphatic heterocycles. The molecule has 50 heavy (non-hydrogen) atoms. The summed E-state index contributed by atoms with van der Waals surface area (Å²) in [6, 6.07) is 16.0. The first-order chi connectivity index (χ1) is 23.9. The molecule has 0 heterocycles. The van der Waals surface area contributed by atoms with E-state index in [1.54, 1.807) is 112 Å². The minimum atomic E-state index is -1.46. The van der Waals surface area contributed by atoms with Crippen LogP contribution in [0.5, 0.6) is 0 Å². The van der Waals surface area contributed by atoms with Crippen molar-refractivity contribution in [2.24, 2.45) is 0 Å². The molecule has 0 bridgehead atoms. The van der Waals surface area contributed by atoms with Crippen LogP contribution in [0.3, 0.4) is 0 Å². The maximum absolute atomic E-state index is 2.50. The van der Waals surface area contributed by atoms with Gasteiger partial charge in [-0.15, -0.1) is 0 Å². The normalized spacial score (nSPS) is 12.6. The van der Waals surface area contributed by atoms with E-state index in [2.05, 4.69) is 62.3 Å². The summed E-state index contributed by atoms with van der Waals surface area (Å²) in [5.74, 6) is 0. The van der Waals surface area contributed by atoms with Crippen molar-refractivity contribution in [1.82, 2.24) is 0 Å². The monoisotopic (exact) mass is 743 g/mol. The van der Waals surface area contributed by atoms with Crippen LogP contribution < -0.4 is 18.9 Å². The van der Waals surface area contributed by atoms with Crippen LogP contribution in [0.15, 0.2) is 0 Å². The van der Waals surface area contributed by atoms with Crippen molar-refractivity contribution in [3.8, 4) is 0 Å². The third-order valence-corrected chi connectivity index (χ3v) is 44.8. The van der Waals surface area contributed by atoms with Gasteiger partial charge >= 0.3 is 18.9 Å². The third-order valence-electron chi connectivity index (χ3n) is 14.0. The molecule has 0 nitrogen and oxygen atoms in total. The fraction of sp³-hybridized carbons (Fsp3) is 1.00. The molecule has 0 rings (SSSR count). The first-order valence-corrected chi connectivity index (χ1v) is 32.6. The second-order valence-electron chi connectivity index (χ2n) is 18.1. The first kappa shape index (κ1) is 53.4. The Bertz CT molecular complexity index is 519. The molecule has 0 aromatic rings. The van der Waals surface area contributed by atoms with Crippen molar-refractivity contribution in [1.29, 1.82) is 0 Å². The smallest absolute Gasteiger partial charge is 0.0971 e. The summed E-state index contributed by atoms with van der Waals surface area (Å²) in [5.41, 5.74) is -0.0408. The molecule has 0 N–H and O–H groups in total. The molecule has 0 radical (unpaired) electrons. The molecular weight excluding hydrogens is 643 g/mol. The SMILES string of the molecule is CCCCC[Si](CCCCC)(CCCCC)[BH-]([Si](CCCCC)(CCCCC)CCCCC)[Si](CCCCC)(CCCCC)CCCCC.[Li+].